The molecule has 0 saturated heterocycles. The molecular weight excluding hydrogens is 278 g/mol. The highest BCUT2D eigenvalue weighted by Crippen LogP contribution is 2.41. The molecule has 0 N–H and O–H groups in total. The molecule has 0 aliphatic carbocycles. The standard InChI is InChI=1S/C18H17NO3/c1-10-7-13(4)17-15(8-10)16(18(22-17)19(20)21)14-6-5-11(2)12(3)9-14/h5-9H,1-4H3. The third-order valence-corrected chi connectivity index (χ3v) is 4.06. The number of rotatable bonds is 2. The number of aryl methyl sites for hydroxylation is 4. The summed E-state index contributed by atoms with van der Waals surface area (Å²) in [4.78, 5) is 11.0. The zero-order chi connectivity index (χ0) is 16.0. The zero-order valence-corrected chi connectivity index (χ0v) is 13.1. The lowest BCUT2D eigenvalue weighted by Crippen LogP contribution is -1.89. The zero-order valence-electron chi connectivity index (χ0n) is 13.1. The van der Waals surface area contributed by atoms with Gasteiger partial charge in [0.25, 0.3) is 0 Å². The number of hydrogen-bond acceptors (Lipinski definition) is 3. The third kappa shape index (κ3) is 2.17. The molecule has 112 valence electrons. The van der Waals surface area contributed by atoms with Gasteiger partial charge in [-0.2, -0.15) is 0 Å². The van der Waals surface area contributed by atoms with E-state index in [-0.39, 0.29) is 5.88 Å². The summed E-state index contributed by atoms with van der Waals surface area (Å²) in [5, 5.41) is 12.2. The summed E-state index contributed by atoms with van der Waals surface area (Å²) in [5.74, 6) is -0.188. The molecule has 1 heterocycles. The molecule has 4 heteroatoms. The molecule has 0 fully saturated rings. The SMILES string of the molecule is Cc1cc(C)c2oc([N+](=O)[O-])c(-c3ccc(C)c(C)c3)c2c1. The molecule has 0 amide bonds. The first kappa shape index (κ1) is 14.3. The Morgan fingerprint density at radius 3 is 2.32 bits per heavy atom. The maximum atomic E-state index is 11.4. The smallest absolute Gasteiger partial charge is 0.400 e. The normalized spacial score (nSPS) is 11.1. The van der Waals surface area contributed by atoms with Gasteiger partial charge >= 0.3 is 5.88 Å². The topological polar surface area (TPSA) is 56.3 Å². The van der Waals surface area contributed by atoms with E-state index in [1.807, 2.05) is 58.0 Å². The van der Waals surface area contributed by atoms with Gasteiger partial charge in [-0.1, -0.05) is 24.3 Å². The first-order valence-electron chi connectivity index (χ1n) is 7.14. The minimum Gasteiger partial charge on any atom is -0.400 e. The van der Waals surface area contributed by atoms with Gasteiger partial charge in [-0.05, 0) is 61.6 Å². The van der Waals surface area contributed by atoms with Gasteiger partial charge in [0.15, 0.2) is 0 Å². The van der Waals surface area contributed by atoms with Crippen LogP contribution in [-0.4, -0.2) is 4.92 Å². The fraction of sp³-hybridized carbons (Fsp3) is 0.222. The highest BCUT2D eigenvalue weighted by Gasteiger charge is 2.26. The van der Waals surface area contributed by atoms with Crippen molar-refractivity contribution < 1.29 is 9.34 Å². The molecule has 0 saturated carbocycles. The van der Waals surface area contributed by atoms with E-state index in [9.17, 15) is 10.1 Å². The summed E-state index contributed by atoms with van der Waals surface area (Å²) in [6.45, 7) is 7.92. The van der Waals surface area contributed by atoms with E-state index in [0.717, 1.165) is 33.2 Å². The molecule has 2 aromatic carbocycles. The highest BCUT2D eigenvalue weighted by atomic mass is 16.6. The predicted molar refractivity (Wildman–Crippen MR) is 87.3 cm³/mol. The van der Waals surface area contributed by atoms with E-state index >= 15 is 0 Å². The average Bonchev–Trinajstić information content (AvgIpc) is 2.81. The van der Waals surface area contributed by atoms with Gasteiger partial charge in [-0.25, -0.2) is 0 Å². The van der Waals surface area contributed by atoms with Crippen LogP contribution in [0.1, 0.15) is 22.3 Å². The van der Waals surface area contributed by atoms with Crippen molar-refractivity contribution in [3.63, 3.8) is 0 Å². The molecule has 0 bridgehead atoms. The molecule has 0 radical (unpaired) electrons. The monoisotopic (exact) mass is 295 g/mol. The maximum Gasteiger partial charge on any atom is 0.442 e. The predicted octanol–water partition coefficient (Wildman–Crippen LogP) is 5.24. The highest BCUT2D eigenvalue weighted by molar-refractivity contribution is 6.00. The number of fused-ring (bicyclic) bond motifs is 1. The Bertz CT molecular complexity index is 906. The Labute approximate surface area is 128 Å². The summed E-state index contributed by atoms with van der Waals surface area (Å²) < 4.78 is 5.57. The van der Waals surface area contributed by atoms with Crippen LogP contribution in [0.3, 0.4) is 0 Å². The average molecular weight is 295 g/mol. The van der Waals surface area contributed by atoms with Crippen LogP contribution in [-0.2, 0) is 0 Å². The molecule has 4 nitrogen and oxygen atoms in total. The molecule has 1 aromatic heterocycles. The van der Waals surface area contributed by atoms with Crippen LogP contribution in [0.4, 0.5) is 5.88 Å². The fourth-order valence-corrected chi connectivity index (χ4v) is 2.84. The van der Waals surface area contributed by atoms with Crippen molar-refractivity contribution in [1.82, 2.24) is 0 Å². The summed E-state index contributed by atoms with van der Waals surface area (Å²) in [6, 6.07) is 9.79. The van der Waals surface area contributed by atoms with E-state index in [2.05, 4.69) is 0 Å². The van der Waals surface area contributed by atoms with Crippen LogP contribution in [0.2, 0.25) is 0 Å². The summed E-state index contributed by atoms with van der Waals surface area (Å²) >= 11 is 0. The van der Waals surface area contributed by atoms with Crippen LogP contribution in [0.5, 0.6) is 0 Å². The quantitative estimate of drug-likeness (QED) is 0.479. The molecular formula is C18H17NO3. The van der Waals surface area contributed by atoms with Crippen molar-refractivity contribution in [2.45, 2.75) is 27.7 Å². The minimum absolute atomic E-state index is 0.188. The molecule has 0 unspecified atom stereocenters. The number of furan rings is 1. The van der Waals surface area contributed by atoms with Gasteiger partial charge in [-0.15, -0.1) is 0 Å². The fourth-order valence-electron chi connectivity index (χ4n) is 2.84. The lowest BCUT2D eigenvalue weighted by atomic mass is 9.97. The second kappa shape index (κ2) is 4.98. The van der Waals surface area contributed by atoms with Crippen LogP contribution < -0.4 is 0 Å². The van der Waals surface area contributed by atoms with E-state index in [1.165, 1.54) is 0 Å². The molecule has 0 atom stereocenters. The molecule has 3 aromatic rings. The minimum atomic E-state index is -0.445. The number of benzene rings is 2. The van der Waals surface area contributed by atoms with Gasteiger partial charge < -0.3 is 4.42 Å². The first-order chi connectivity index (χ1) is 10.4. The van der Waals surface area contributed by atoms with Gasteiger partial charge in [0.2, 0.25) is 0 Å². The Balaban J connectivity index is 2.42. The number of nitrogens with zero attached hydrogens (tertiary/aromatic N) is 1. The Morgan fingerprint density at radius 2 is 1.68 bits per heavy atom. The number of hydrogen-bond donors (Lipinski definition) is 0. The lowest BCUT2D eigenvalue weighted by Gasteiger charge is -2.04. The van der Waals surface area contributed by atoms with E-state index in [4.69, 9.17) is 4.42 Å². The maximum absolute atomic E-state index is 11.4. The van der Waals surface area contributed by atoms with Crippen LogP contribution in [0.15, 0.2) is 34.7 Å². The summed E-state index contributed by atoms with van der Waals surface area (Å²) in [7, 11) is 0. The van der Waals surface area contributed by atoms with E-state index < -0.39 is 4.92 Å². The van der Waals surface area contributed by atoms with Crippen molar-refractivity contribution in [3.8, 4) is 11.1 Å². The summed E-state index contributed by atoms with van der Waals surface area (Å²) in [5.41, 5.74) is 6.20. The van der Waals surface area contributed by atoms with Gasteiger partial charge in [0.1, 0.15) is 16.1 Å². The van der Waals surface area contributed by atoms with E-state index in [0.29, 0.717) is 11.1 Å². The Kier molecular flexibility index (Phi) is 3.24. The van der Waals surface area contributed by atoms with Gasteiger partial charge in [0.05, 0.1) is 0 Å². The van der Waals surface area contributed by atoms with Gasteiger partial charge in [-0.3, -0.25) is 10.1 Å². The molecule has 0 spiro atoms. The van der Waals surface area contributed by atoms with Crippen LogP contribution >= 0.6 is 0 Å². The largest absolute Gasteiger partial charge is 0.442 e. The molecule has 0 aliphatic heterocycles. The van der Waals surface area contributed by atoms with Crippen molar-refractivity contribution in [1.29, 1.82) is 0 Å². The Hall–Kier alpha value is -2.62. The number of nitro groups is 1. The molecule has 22 heavy (non-hydrogen) atoms. The second-order valence-corrected chi connectivity index (χ2v) is 5.80. The van der Waals surface area contributed by atoms with Crippen LogP contribution in [0, 0.1) is 37.8 Å². The lowest BCUT2D eigenvalue weighted by molar-refractivity contribution is -0.400. The van der Waals surface area contributed by atoms with E-state index in [1.54, 1.807) is 0 Å². The van der Waals surface area contributed by atoms with Crippen molar-refractivity contribution in [2.24, 2.45) is 0 Å². The van der Waals surface area contributed by atoms with Crippen molar-refractivity contribution in [3.05, 3.63) is 62.7 Å². The third-order valence-electron chi connectivity index (χ3n) is 4.06. The van der Waals surface area contributed by atoms with Gasteiger partial charge in [0, 0.05) is 5.39 Å². The van der Waals surface area contributed by atoms with Crippen LogP contribution in [0.25, 0.3) is 22.1 Å². The van der Waals surface area contributed by atoms with Crippen molar-refractivity contribution >= 4 is 16.9 Å². The molecule has 0 aliphatic rings. The molecule has 3 rings (SSSR count). The first-order valence-corrected chi connectivity index (χ1v) is 7.14. The summed E-state index contributed by atoms with van der Waals surface area (Å²) in [6.07, 6.45) is 0. The second-order valence-electron chi connectivity index (χ2n) is 5.80. The Morgan fingerprint density at radius 1 is 0.955 bits per heavy atom. The van der Waals surface area contributed by atoms with Crippen molar-refractivity contribution in [2.75, 3.05) is 0 Å².